The number of pyridine rings is 1. The Kier molecular flexibility index (Phi) is 4.84. The highest BCUT2D eigenvalue weighted by Crippen LogP contribution is 2.19. The summed E-state index contributed by atoms with van der Waals surface area (Å²) in [4.78, 5) is 16.0. The van der Waals surface area contributed by atoms with Gasteiger partial charge in [0.05, 0.1) is 11.2 Å². The number of amides is 1. The molecule has 0 saturated heterocycles. The Morgan fingerprint density at radius 2 is 2.28 bits per heavy atom. The molecule has 0 bridgehead atoms. The number of hydrogen-bond acceptors (Lipinski definition) is 3. The van der Waals surface area contributed by atoms with Gasteiger partial charge < -0.3 is 10.4 Å². The standard InChI is InChI=1S/C14H22N2O2/c1-5-10(2)14(4,18)9-16-13(17)12-7-6-8-15-11(12)3/h6-8,10,18H,5,9H2,1-4H3,(H,16,17). The molecule has 1 rings (SSSR count). The number of carbonyl (C=O) groups excluding carboxylic acids is 1. The number of nitrogens with zero attached hydrogens (tertiary/aromatic N) is 1. The van der Waals surface area contributed by atoms with Gasteiger partial charge in [0.1, 0.15) is 0 Å². The van der Waals surface area contributed by atoms with E-state index in [0.717, 1.165) is 6.42 Å². The van der Waals surface area contributed by atoms with Crippen LogP contribution in [0.2, 0.25) is 0 Å². The molecule has 2 unspecified atom stereocenters. The van der Waals surface area contributed by atoms with Crippen LogP contribution >= 0.6 is 0 Å². The molecule has 0 radical (unpaired) electrons. The van der Waals surface area contributed by atoms with Crippen LogP contribution in [0.15, 0.2) is 18.3 Å². The minimum Gasteiger partial charge on any atom is -0.388 e. The topological polar surface area (TPSA) is 62.2 Å². The number of aromatic nitrogens is 1. The number of hydrogen-bond donors (Lipinski definition) is 2. The van der Waals surface area contributed by atoms with E-state index in [4.69, 9.17) is 0 Å². The summed E-state index contributed by atoms with van der Waals surface area (Å²) in [6.07, 6.45) is 2.52. The van der Waals surface area contributed by atoms with Crippen molar-refractivity contribution in [1.29, 1.82) is 0 Å². The maximum Gasteiger partial charge on any atom is 0.253 e. The summed E-state index contributed by atoms with van der Waals surface area (Å²) < 4.78 is 0. The molecule has 0 aliphatic heterocycles. The third kappa shape index (κ3) is 3.53. The lowest BCUT2D eigenvalue weighted by Crippen LogP contribution is -2.45. The zero-order chi connectivity index (χ0) is 13.8. The highest BCUT2D eigenvalue weighted by Gasteiger charge is 2.27. The lowest BCUT2D eigenvalue weighted by Gasteiger charge is -2.29. The summed E-state index contributed by atoms with van der Waals surface area (Å²) in [5, 5.41) is 13.0. The number of carbonyl (C=O) groups is 1. The van der Waals surface area contributed by atoms with Crippen LogP contribution in [0.25, 0.3) is 0 Å². The van der Waals surface area contributed by atoms with Crippen molar-refractivity contribution >= 4 is 5.91 Å². The zero-order valence-corrected chi connectivity index (χ0v) is 11.5. The van der Waals surface area contributed by atoms with Crippen molar-refractivity contribution in [2.75, 3.05) is 6.54 Å². The summed E-state index contributed by atoms with van der Waals surface area (Å²) in [6.45, 7) is 7.78. The number of aliphatic hydroxyl groups is 1. The van der Waals surface area contributed by atoms with Crippen LogP contribution in [0.1, 0.15) is 43.2 Å². The van der Waals surface area contributed by atoms with Gasteiger partial charge in [0.25, 0.3) is 5.91 Å². The van der Waals surface area contributed by atoms with Crippen molar-refractivity contribution in [3.8, 4) is 0 Å². The van der Waals surface area contributed by atoms with Crippen LogP contribution in [0, 0.1) is 12.8 Å². The lowest BCUT2D eigenvalue weighted by atomic mass is 9.88. The Labute approximate surface area is 108 Å². The molecular weight excluding hydrogens is 228 g/mol. The summed E-state index contributed by atoms with van der Waals surface area (Å²) in [7, 11) is 0. The maximum absolute atomic E-state index is 12.0. The average molecular weight is 250 g/mol. The van der Waals surface area contributed by atoms with Gasteiger partial charge in [0, 0.05) is 18.4 Å². The van der Waals surface area contributed by atoms with E-state index < -0.39 is 5.60 Å². The highest BCUT2D eigenvalue weighted by atomic mass is 16.3. The van der Waals surface area contributed by atoms with Gasteiger partial charge in [-0.05, 0) is 31.9 Å². The smallest absolute Gasteiger partial charge is 0.253 e. The predicted molar refractivity (Wildman–Crippen MR) is 71.4 cm³/mol. The molecule has 2 N–H and O–H groups in total. The molecule has 1 heterocycles. The molecule has 1 amide bonds. The molecule has 0 aliphatic carbocycles. The van der Waals surface area contributed by atoms with Crippen molar-refractivity contribution in [3.05, 3.63) is 29.6 Å². The molecule has 4 heteroatoms. The van der Waals surface area contributed by atoms with Crippen molar-refractivity contribution in [3.63, 3.8) is 0 Å². The van der Waals surface area contributed by atoms with Gasteiger partial charge >= 0.3 is 0 Å². The fourth-order valence-electron chi connectivity index (χ4n) is 1.69. The number of nitrogens with one attached hydrogen (secondary N) is 1. The van der Waals surface area contributed by atoms with Crippen LogP contribution in [-0.2, 0) is 0 Å². The molecule has 1 aromatic rings. The van der Waals surface area contributed by atoms with E-state index in [1.54, 1.807) is 32.2 Å². The second kappa shape index (κ2) is 5.96. The second-order valence-corrected chi connectivity index (χ2v) is 4.99. The van der Waals surface area contributed by atoms with Crippen LogP contribution in [0.5, 0.6) is 0 Å². The molecule has 2 atom stereocenters. The van der Waals surface area contributed by atoms with Crippen molar-refractivity contribution in [1.82, 2.24) is 10.3 Å². The maximum atomic E-state index is 12.0. The van der Waals surface area contributed by atoms with E-state index in [1.165, 1.54) is 0 Å². The van der Waals surface area contributed by atoms with Crippen molar-refractivity contribution in [2.24, 2.45) is 5.92 Å². The molecule has 0 fully saturated rings. The largest absolute Gasteiger partial charge is 0.388 e. The fourth-order valence-corrected chi connectivity index (χ4v) is 1.69. The SMILES string of the molecule is CCC(C)C(C)(O)CNC(=O)c1cccnc1C. The second-order valence-electron chi connectivity index (χ2n) is 4.99. The monoisotopic (exact) mass is 250 g/mol. The Morgan fingerprint density at radius 3 is 2.83 bits per heavy atom. The van der Waals surface area contributed by atoms with Gasteiger partial charge in [-0.3, -0.25) is 9.78 Å². The lowest BCUT2D eigenvalue weighted by molar-refractivity contribution is 0.00591. The predicted octanol–water partition coefficient (Wildman–Crippen LogP) is 1.92. The van der Waals surface area contributed by atoms with E-state index in [-0.39, 0.29) is 18.4 Å². The third-order valence-corrected chi connectivity index (χ3v) is 3.53. The van der Waals surface area contributed by atoms with Crippen LogP contribution < -0.4 is 5.32 Å². The van der Waals surface area contributed by atoms with E-state index in [2.05, 4.69) is 10.3 Å². The van der Waals surface area contributed by atoms with Crippen LogP contribution in [-0.4, -0.2) is 28.1 Å². The molecule has 18 heavy (non-hydrogen) atoms. The molecule has 0 aromatic carbocycles. The summed E-state index contributed by atoms with van der Waals surface area (Å²) in [5.74, 6) is -0.0584. The van der Waals surface area contributed by atoms with Crippen molar-refractivity contribution < 1.29 is 9.90 Å². The number of rotatable bonds is 5. The third-order valence-electron chi connectivity index (χ3n) is 3.53. The fraction of sp³-hybridized carbons (Fsp3) is 0.571. The average Bonchev–Trinajstić information content (AvgIpc) is 2.35. The van der Waals surface area contributed by atoms with Gasteiger partial charge in [-0.15, -0.1) is 0 Å². The zero-order valence-electron chi connectivity index (χ0n) is 11.5. The normalized spacial score (nSPS) is 15.8. The van der Waals surface area contributed by atoms with Gasteiger partial charge in [0.2, 0.25) is 0 Å². The Morgan fingerprint density at radius 1 is 1.61 bits per heavy atom. The first-order valence-corrected chi connectivity index (χ1v) is 6.30. The van der Waals surface area contributed by atoms with Crippen molar-refractivity contribution in [2.45, 2.75) is 39.7 Å². The molecule has 0 saturated carbocycles. The van der Waals surface area contributed by atoms with E-state index in [1.807, 2.05) is 13.8 Å². The molecule has 0 spiro atoms. The van der Waals surface area contributed by atoms with Gasteiger partial charge in [-0.1, -0.05) is 20.3 Å². The van der Waals surface area contributed by atoms with E-state index in [0.29, 0.717) is 11.3 Å². The summed E-state index contributed by atoms with van der Waals surface area (Å²) in [5.41, 5.74) is 0.358. The Balaban J connectivity index is 2.65. The Bertz CT molecular complexity index is 416. The summed E-state index contributed by atoms with van der Waals surface area (Å²) in [6, 6.07) is 3.46. The number of aryl methyl sites for hydroxylation is 1. The minimum absolute atomic E-state index is 0.132. The van der Waals surface area contributed by atoms with Gasteiger partial charge in [-0.25, -0.2) is 0 Å². The molecule has 4 nitrogen and oxygen atoms in total. The molecular formula is C14H22N2O2. The van der Waals surface area contributed by atoms with Crippen LogP contribution in [0.3, 0.4) is 0 Å². The highest BCUT2D eigenvalue weighted by molar-refractivity contribution is 5.95. The first-order valence-electron chi connectivity index (χ1n) is 6.30. The van der Waals surface area contributed by atoms with E-state index in [9.17, 15) is 9.90 Å². The van der Waals surface area contributed by atoms with E-state index >= 15 is 0 Å². The first kappa shape index (κ1) is 14.6. The molecule has 1 aromatic heterocycles. The Hall–Kier alpha value is -1.42. The van der Waals surface area contributed by atoms with Gasteiger partial charge in [-0.2, -0.15) is 0 Å². The van der Waals surface area contributed by atoms with Gasteiger partial charge in [0.15, 0.2) is 0 Å². The first-order chi connectivity index (χ1) is 8.38. The minimum atomic E-state index is -0.888. The molecule has 100 valence electrons. The summed E-state index contributed by atoms with van der Waals surface area (Å²) >= 11 is 0. The quantitative estimate of drug-likeness (QED) is 0.839. The molecule has 0 aliphatic rings. The van der Waals surface area contributed by atoms with Crippen LogP contribution in [0.4, 0.5) is 0 Å².